The highest BCUT2D eigenvalue weighted by Crippen LogP contribution is 2.31. The number of amides is 1. The van der Waals surface area contributed by atoms with Crippen LogP contribution in [-0.2, 0) is 4.79 Å². The smallest absolute Gasteiger partial charge is 0.472 e. The van der Waals surface area contributed by atoms with Crippen molar-refractivity contribution in [3.8, 4) is 11.5 Å². The van der Waals surface area contributed by atoms with Crippen molar-refractivity contribution in [3.63, 3.8) is 0 Å². The number of carbonyl (C=O) groups is 1. The van der Waals surface area contributed by atoms with Crippen molar-refractivity contribution >= 4 is 17.9 Å². The molecule has 0 aliphatic rings. The van der Waals surface area contributed by atoms with Gasteiger partial charge in [0.05, 0.1) is 14.2 Å². The fourth-order valence-corrected chi connectivity index (χ4v) is 1.67. The van der Waals surface area contributed by atoms with Crippen LogP contribution in [-0.4, -0.2) is 26.3 Å². The molecule has 0 saturated carbocycles. The van der Waals surface area contributed by atoms with E-state index in [0.29, 0.717) is 28.3 Å². The number of halogens is 3. The molecule has 0 unspecified atom stereocenters. The Morgan fingerprint density at radius 1 is 1.22 bits per heavy atom. The van der Waals surface area contributed by atoms with Gasteiger partial charge in [-0.05, 0) is 30.1 Å². The molecule has 0 aliphatic heterocycles. The maximum absolute atomic E-state index is 11.9. The van der Waals surface area contributed by atoms with Crippen LogP contribution in [0.3, 0.4) is 0 Å². The van der Waals surface area contributed by atoms with E-state index in [4.69, 9.17) is 9.47 Å². The second-order valence-electron chi connectivity index (χ2n) is 3.05. The Balaban J connectivity index is 2.72. The molecule has 0 radical (unpaired) electrons. The fourth-order valence-electron chi connectivity index (χ4n) is 1.04. The average molecular weight is 281 g/mol. The first-order valence-electron chi connectivity index (χ1n) is 4.64. The number of hydrogen-bond donors (Lipinski definition) is 1. The Bertz CT molecular complexity index is 437. The Hall–Kier alpha value is -1.57. The van der Waals surface area contributed by atoms with Crippen LogP contribution in [0.2, 0.25) is 0 Å². The Kier molecular flexibility index (Phi) is 4.71. The summed E-state index contributed by atoms with van der Waals surface area (Å²) in [6.07, 6.45) is -4.90. The van der Waals surface area contributed by atoms with Crippen molar-refractivity contribution in [3.05, 3.63) is 18.2 Å². The lowest BCUT2D eigenvalue weighted by Gasteiger charge is -2.10. The molecule has 0 saturated heterocycles. The Morgan fingerprint density at radius 2 is 1.83 bits per heavy atom. The highest BCUT2D eigenvalue weighted by molar-refractivity contribution is 7.98. The topological polar surface area (TPSA) is 47.6 Å². The summed E-state index contributed by atoms with van der Waals surface area (Å²) in [6.45, 7) is 0. The normalized spacial score (nSPS) is 10.9. The van der Waals surface area contributed by atoms with Crippen LogP contribution in [0.1, 0.15) is 0 Å². The molecule has 0 fully saturated rings. The minimum absolute atomic E-state index is 0.365. The molecule has 0 spiro atoms. The Labute approximate surface area is 106 Å². The van der Waals surface area contributed by atoms with Crippen LogP contribution in [0.5, 0.6) is 11.5 Å². The number of hydrogen-bond acceptors (Lipinski definition) is 4. The van der Waals surface area contributed by atoms with E-state index >= 15 is 0 Å². The summed E-state index contributed by atoms with van der Waals surface area (Å²) in [4.78, 5) is 11.0. The van der Waals surface area contributed by atoms with Gasteiger partial charge in [-0.3, -0.25) is 9.52 Å². The van der Waals surface area contributed by atoms with E-state index in [2.05, 4.69) is 0 Å². The number of alkyl halides is 3. The van der Waals surface area contributed by atoms with E-state index in [-0.39, 0.29) is 0 Å². The third-order valence-electron chi connectivity index (χ3n) is 1.87. The van der Waals surface area contributed by atoms with Gasteiger partial charge in [-0.25, -0.2) is 0 Å². The first-order valence-corrected chi connectivity index (χ1v) is 5.46. The maximum atomic E-state index is 11.9. The van der Waals surface area contributed by atoms with Gasteiger partial charge >= 0.3 is 12.1 Å². The quantitative estimate of drug-likeness (QED) is 0.861. The highest BCUT2D eigenvalue weighted by Gasteiger charge is 2.38. The molecule has 0 aromatic heterocycles. The van der Waals surface area contributed by atoms with Crippen LogP contribution in [0.15, 0.2) is 23.1 Å². The lowest BCUT2D eigenvalue weighted by atomic mass is 10.3. The SMILES string of the molecule is COc1ccc(SNC(=O)C(F)(F)F)cc1OC. The first kappa shape index (κ1) is 14.5. The second-order valence-corrected chi connectivity index (χ2v) is 3.93. The minimum Gasteiger partial charge on any atom is -0.493 e. The predicted octanol–water partition coefficient (Wildman–Crippen LogP) is 2.39. The first-order chi connectivity index (χ1) is 8.38. The van der Waals surface area contributed by atoms with Crippen LogP contribution in [0.4, 0.5) is 13.2 Å². The van der Waals surface area contributed by atoms with E-state index in [1.54, 1.807) is 4.72 Å². The van der Waals surface area contributed by atoms with Crippen molar-refractivity contribution in [2.45, 2.75) is 11.1 Å². The molecule has 0 bridgehead atoms. The molecule has 18 heavy (non-hydrogen) atoms. The predicted molar refractivity (Wildman–Crippen MR) is 59.6 cm³/mol. The zero-order valence-corrected chi connectivity index (χ0v) is 10.3. The van der Waals surface area contributed by atoms with Crippen LogP contribution in [0.25, 0.3) is 0 Å². The van der Waals surface area contributed by atoms with Crippen LogP contribution >= 0.6 is 11.9 Å². The number of nitrogens with one attached hydrogen (secondary N) is 1. The van der Waals surface area contributed by atoms with E-state index < -0.39 is 12.1 Å². The summed E-state index contributed by atoms with van der Waals surface area (Å²) in [5, 5.41) is 0. The molecule has 1 rings (SSSR count). The lowest BCUT2D eigenvalue weighted by Crippen LogP contribution is -2.32. The summed E-state index contributed by atoms with van der Waals surface area (Å²) >= 11 is 0.549. The van der Waals surface area contributed by atoms with E-state index in [9.17, 15) is 18.0 Å². The largest absolute Gasteiger partial charge is 0.493 e. The van der Waals surface area contributed by atoms with Crippen molar-refractivity contribution in [1.29, 1.82) is 0 Å². The van der Waals surface area contributed by atoms with E-state index in [1.165, 1.54) is 32.4 Å². The average Bonchev–Trinajstić information content (AvgIpc) is 2.34. The number of carbonyl (C=O) groups excluding carboxylic acids is 1. The molecule has 1 amide bonds. The standard InChI is InChI=1S/C10H10F3NO3S/c1-16-7-4-3-6(5-8(7)17-2)18-14-9(15)10(11,12)13/h3-5H,1-2H3,(H,14,15). The molecule has 4 nitrogen and oxygen atoms in total. The van der Waals surface area contributed by atoms with Crippen LogP contribution < -0.4 is 14.2 Å². The zero-order valence-electron chi connectivity index (χ0n) is 9.50. The minimum atomic E-state index is -4.90. The molecule has 100 valence electrons. The van der Waals surface area contributed by atoms with E-state index in [1.807, 2.05) is 0 Å². The van der Waals surface area contributed by atoms with Gasteiger partial charge in [0.1, 0.15) is 0 Å². The molecule has 0 heterocycles. The van der Waals surface area contributed by atoms with Gasteiger partial charge in [0.25, 0.3) is 0 Å². The maximum Gasteiger partial charge on any atom is 0.472 e. The lowest BCUT2D eigenvalue weighted by molar-refractivity contribution is -0.171. The molecule has 0 atom stereocenters. The highest BCUT2D eigenvalue weighted by atomic mass is 32.2. The second kappa shape index (κ2) is 5.85. The summed E-state index contributed by atoms with van der Waals surface area (Å²) in [7, 11) is 2.84. The van der Waals surface area contributed by atoms with Gasteiger partial charge in [-0.1, -0.05) is 0 Å². The van der Waals surface area contributed by atoms with E-state index in [0.717, 1.165) is 0 Å². The molecule has 1 N–H and O–H groups in total. The molecule has 0 aliphatic carbocycles. The van der Waals surface area contributed by atoms with Gasteiger partial charge in [-0.2, -0.15) is 13.2 Å². The fraction of sp³-hybridized carbons (Fsp3) is 0.300. The number of benzene rings is 1. The van der Waals surface area contributed by atoms with Crippen molar-refractivity contribution in [2.75, 3.05) is 14.2 Å². The zero-order chi connectivity index (χ0) is 13.8. The van der Waals surface area contributed by atoms with Crippen molar-refractivity contribution < 1.29 is 27.4 Å². The van der Waals surface area contributed by atoms with Gasteiger partial charge in [-0.15, -0.1) is 0 Å². The summed E-state index contributed by atoms with van der Waals surface area (Å²) < 4.78 is 47.5. The van der Waals surface area contributed by atoms with Crippen LogP contribution in [0, 0.1) is 0 Å². The summed E-state index contributed by atoms with van der Waals surface area (Å²) in [5.41, 5.74) is 0. The number of ether oxygens (including phenoxy) is 2. The molecule has 1 aromatic carbocycles. The van der Waals surface area contributed by atoms with Gasteiger partial charge in [0.2, 0.25) is 0 Å². The molecule has 8 heteroatoms. The van der Waals surface area contributed by atoms with Gasteiger partial charge < -0.3 is 9.47 Å². The monoisotopic (exact) mass is 281 g/mol. The summed E-state index contributed by atoms with van der Waals surface area (Å²) in [6, 6.07) is 4.49. The van der Waals surface area contributed by atoms with Gasteiger partial charge in [0.15, 0.2) is 11.5 Å². The molecular formula is C10H10F3NO3S. The van der Waals surface area contributed by atoms with Crippen molar-refractivity contribution in [1.82, 2.24) is 4.72 Å². The van der Waals surface area contributed by atoms with Gasteiger partial charge in [0, 0.05) is 4.90 Å². The Morgan fingerprint density at radius 3 is 2.33 bits per heavy atom. The van der Waals surface area contributed by atoms with Crippen molar-refractivity contribution in [2.24, 2.45) is 0 Å². The molecule has 1 aromatic rings. The number of methoxy groups -OCH3 is 2. The molecular weight excluding hydrogens is 271 g/mol. The number of rotatable bonds is 4. The third-order valence-corrected chi connectivity index (χ3v) is 2.65. The summed E-state index contributed by atoms with van der Waals surface area (Å²) in [5.74, 6) is -1.20. The third kappa shape index (κ3) is 3.73.